The molecular weight excluding hydrogens is 1460 g/mol. The van der Waals surface area contributed by atoms with Crippen molar-refractivity contribution in [2.45, 2.75) is 169 Å². The molecule has 0 aliphatic heterocycles. The van der Waals surface area contributed by atoms with E-state index in [0.717, 1.165) is 13.8 Å². The van der Waals surface area contributed by atoms with Gasteiger partial charge in [-0.3, -0.25) is 52.7 Å². The summed E-state index contributed by atoms with van der Waals surface area (Å²) in [5.74, 6) is -12.6. The second-order valence-electron chi connectivity index (χ2n) is 26.6. The van der Waals surface area contributed by atoms with Gasteiger partial charge < -0.3 is 106 Å². The largest absolute Gasteiger partial charge is 0.508 e. The number of carbonyl (C=O) groups excluding carboxylic acids is 11. The number of hydrogen-bond acceptors (Lipinski definition) is 21. The Morgan fingerprint density at radius 1 is 0.391 bits per heavy atom. The van der Waals surface area contributed by atoms with Crippen molar-refractivity contribution in [2.24, 2.45) is 17.2 Å². The number of aliphatic hydroxyl groups excluding tert-OH is 3. The van der Waals surface area contributed by atoms with E-state index in [4.69, 9.17) is 17.2 Å². The molecule has 1 heterocycles. The van der Waals surface area contributed by atoms with Gasteiger partial charge in [-0.15, -0.1) is 0 Å². The highest BCUT2D eigenvalue weighted by atomic mass is 32.1. The molecule has 1 aromatic heterocycles. The molecule has 0 bridgehead atoms. The SMILES string of the molecule is CC(O)[C@H](NC(=O)[C@H](Cc1ccccc1)NC(=O)[C@@H](NC(=O)[C@H](CCCCN)NC(=O)[C@@H](Cc1c[nH]c2ccccc12)NC(=O)[C@H](Cc1ccccc1)NC(=O)[C@H](Cc1ccccc1)NC(=O)[C@@H](Cc1ccc(O)cc1)NC(=O)[C@H](CCCCN)NC(=O)[C@@H](N)CS)C(C)O)C(=O)N[C@@H](CO)C(=O)N[C@@H](CS)C(=O)O. The Labute approximate surface area is 647 Å². The number of para-hydroxylation sites is 1. The van der Waals surface area contributed by atoms with E-state index in [9.17, 15) is 68.7 Å². The molecule has 6 aromatic rings. The average Bonchev–Trinajstić information content (AvgIpc) is 1.66. The first kappa shape index (κ1) is 88.4. The second kappa shape index (κ2) is 45.5. The first-order valence-corrected chi connectivity index (χ1v) is 37.3. The monoisotopic (exact) mass is 1560 g/mol. The number of hydrogen-bond donors (Lipinski definition) is 22. The van der Waals surface area contributed by atoms with Crippen LogP contribution in [0.15, 0.2) is 146 Å². The van der Waals surface area contributed by atoms with E-state index in [1.54, 1.807) is 121 Å². The van der Waals surface area contributed by atoms with E-state index < -0.39 is 162 Å². The number of carboxylic acids is 1. The van der Waals surface area contributed by atoms with E-state index in [-0.39, 0.29) is 81.7 Å². The van der Waals surface area contributed by atoms with Gasteiger partial charge in [-0.25, -0.2) is 4.79 Å². The smallest absolute Gasteiger partial charge is 0.327 e. The number of rotatable bonds is 46. The zero-order chi connectivity index (χ0) is 80.4. The molecule has 5 aromatic carbocycles. The van der Waals surface area contributed by atoms with Gasteiger partial charge >= 0.3 is 5.97 Å². The van der Waals surface area contributed by atoms with Crippen LogP contribution in [0.1, 0.15) is 80.2 Å². The third kappa shape index (κ3) is 28.2. The highest BCUT2D eigenvalue weighted by Gasteiger charge is 2.39. The average molecular weight is 1560 g/mol. The van der Waals surface area contributed by atoms with Gasteiger partial charge in [0.1, 0.15) is 72.2 Å². The molecule has 14 atom stereocenters. The number of carbonyl (C=O) groups is 12. The number of nitrogens with two attached hydrogens (primary N) is 3. The lowest BCUT2D eigenvalue weighted by atomic mass is 9.99. The minimum Gasteiger partial charge on any atom is -0.508 e. The molecule has 32 nitrogen and oxygen atoms in total. The number of aromatic hydroxyl groups is 1. The second-order valence-corrected chi connectivity index (χ2v) is 27.3. The van der Waals surface area contributed by atoms with Gasteiger partial charge in [-0.05, 0) is 111 Å². The fourth-order valence-corrected chi connectivity index (χ4v) is 12.1. The summed E-state index contributed by atoms with van der Waals surface area (Å²) in [5.41, 5.74) is 20.9. The van der Waals surface area contributed by atoms with Gasteiger partial charge in [0.25, 0.3) is 0 Å². The van der Waals surface area contributed by atoms with Crippen molar-refractivity contribution >= 4 is 107 Å². The van der Waals surface area contributed by atoms with Gasteiger partial charge in [0.15, 0.2) is 0 Å². The van der Waals surface area contributed by atoms with Crippen LogP contribution >= 0.6 is 25.3 Å². The fourth-order valence-electron chi connectivity index (χ4n) is 11.7. The molecular formula is C76H101N15O17S2. The zero-order valence-corrected chi connectivity index (χ0v) is 62.8. The molecule has 34 heteroatoms. The van der Waals surface area contributed by atoms with E-state index in [0.29, 0.717) is 58.0 Å². The predicted octanol–water partition coefficient (Wildman–Crippen LogP) is -2.00. The Morgan fingerprint density at radius 2 is 0.718 bits per heavy atom. The molecule has 110 heavy (non-hydrogen) atoms. The van der Waals surface area contributed by atoms with Crippen molar-refractivity contribution in [3.05, 3.63) is 174 Å². The van der Waals surface area contributed by atoms with Crippen molar-refractivity contribution in [2.75, 3.05) is 31.2 Å². The summed E-state index contributed by atoms with van der Waals surface area (Å²) >= 11 is 8.03. The highest BCUT2D eigenvalue weighted by molar-refractivity contribution is 7.80. The number of phenolic OH excluding ortho intramolecular Hbond substituents is 1. The van der Waals surface area contributed by atoms with Gasteiger partial charge in [0, 0.05) is 60.7 Å². The van der Waals surface area contributed by atoms with Crippen LogP contribution in [0.25, 0.3) is 10.9 Å². The van der Waals surface area contributed by atoms with Crippen LogP contribution in [0.3, 0.4) is 0 Å². The Kier molecular flexibility index (Phi) is 36.6. The van der Waals surface area contributed by atoms with Crippen LogP contribution in [0.2, 0.25) is 0 Å². The molecule has 0 spiro atoms. The maximum absolute atomic E-state index is 15.4. The molecule has 0 saturated heterocycles. The molecule has 0 aliphatic carbocycles. The van der Waals surface area contributed by atoms with E-state index >= 15 is 14.4 Å². The number of fused-ring (bicyclic) bond motifs is 1. The van der Waals surface area contributed by atoms with E-state index in [1.807, 2.05) is 0 Å². The molecule has 11 amide bonds. The summed E-state index contributed by atoms with van der Waals surface area (Å²) in [6, 6.07) is 19.7. The lowest BCUT2D eigenvalue weighted by Gasteiger charge is -2.29. The van der Waals surface area contributed by atoms with E-state index in [2.05, 4.69) is 88.7 Å². The Balaban J connectivity index is 1.31. The molecule has 0 saturated carbocycles. The number of H-pyrrole nitrogens is 1. The standard InChI is InChI=1S/C76H101N15O17S2/c1-43(93)63(74(105)87-59(36-47-22-10-5-11-23-47)72(103)91-64(44(2)94)75(106)88-61(40-92)73(104)89-62(42-110)76(107)108)90-67(98)55(27-15-17-33-78)82-71(102)60(38-49-39-80-53-25-13-12-24-51(49)53)86-70(101)57(35-46-20-8-4-9-21-46)85-68(99)56(34-45-18-6-3-7-19-45)84-69(100)58(37-48-28-30-50(95)31-29-48)83-66(97)54(26-14-16-32-77)81-65(96)52(79)41-109/h3-13,18-25,28-31,39,43-44,52,54-64,80,92-95,109-110H,14-17,26-27,32-38,40-42,77-79H2,1-2H3,(H,81,96)(H,82,102)(H,83,97)(H,84,100)(H,85,99)(H,86,101)(H,87,105)(H,88,106)(H,89,104)(H,90,98)(H,91,103)(H,107,108)/t43?,44?,52-,54-,55-,56-,57-,58+,59-,60+,61-,62-,63-,64-/m0/s1. The number of carboxylic acid groups (broad SMARTS) is 1. The van der Waals surface area contributed by atoms with Crippen molar-refractivity contribution in [3.8, 4) is 5.75 Å². The number of benzene rings is 5. The maximum Gasteiger partial charge on any atom is 0.327 e. The molecule has 0 aliphatic rings. The first-order valence-electron chi connectivity index (χ1n) is 36.0. The summed E-state index contributed by atoms with van der Waals surface area (Å²) in [7, 11) is 0. The zero-order valence-electron chi connectivity index (χ0n) is 61.0. The number of aromatic nitrogens is 1. The maximum atomic E-state index is 15.4. The molecule has 594 valence electrons. The predicted molar refractivity (Wildman–Crippen MR) is 415 cm³/mol. The van der Waals surface area contributed by atoms with Crippen LogP contribution in [0, 0.1) is 0 Å². The summed E-state index contributed by atoms with van der Waals surface area (Å²) in [5, 5.41) is 80.7. The lowest BCUT2D eigenvalue weighted by Crippen LogP contribution is -2.63. The summed E-state index contributed by atoms with van der Waals surface area (Å²) < 4.78 is 0. The van der Waals surface area contributed by atoms with Crippen LogP contribution < -0.4 is 75.7 Å². The number of phenols is 1. The normalized spacial score (nSPS) is 15.0. The molecule has 0 fully saturated rings. The molecule has 6 rings (SSSR count). The van der Waals surface area contributed by atoms with Crippen molar-refractivity contribution in [1.29, 1.82) is 0 Å². The Bertz CT molecular complexity index is 4020. The van der Waals surface area contributed by atoms with Gasteiger partial charge in [0.2, 0.25) is 65.0 Å². The number of aliphatic carboxylic acids is 1. The Hall–Kier alpha value is -10.5. The number of unbranched alkanes of at least 4 members (excludes halogenated alkanes) is 2. The third-order valence-electron chi connectivity index (χ3n) is 17.9. The first-order chi connectivity index (χ1) is 52.7. The summed E-state index contributed by atoms with van der Waals surface area (Å²) in [4.78, 5) is 174. The van der Waals surface area contributed by atoms with Crippen molar-refractivity contribution in [1.82, 2.24) is 63.5 Å². The van der Waals surface area contributed by atoms with Gasteiger partial charge in [-0.2, -0.15) is 25.3 Å². The summed E-state index contributed by atoms with van der Waals surface area (Å²) in [6.45, 7) is 1.67. The Morgan fingerprint density at radius 3 is 1.11 bits per heavy atom. The van der Waals surface area contributed by atoms with Crippen LogP contribution in [0.4, 0.5) is 0 Å². The third-order valence-corrected chi connectivity index (χ3v) is 18.7. The van der Waals surface area contributed by atoms with Gasteiger partial charge in [-0.1, -0.05) is 121 Å². The van der Waals surface area contributed by atoms with Crippen molar-refractivity contribution in [3.63, 3.8) is 0 Å². The fraction of sp³-hybridized carbons (Fsp3) is 0.421. The van der Waals surface area contributed by atoms with Gasteiger partial charge in [0.05, 0.1) is 24.9 Å². The van der Waals surface area contributed by atoms with E-state index in [1.165, 1.54) is 24.3 Å². The minimum absolute atomic E-state index is 0.0404. The van der Waals surface area contributed by atoms with Crippen LogP contribution in [0.5, 0.6) is 5.75 Å². The van der Waals surface area contributed by atoms with Crippen LogP contribution in [-0.2, 0) is 89.6 Å². The quantitative estimate of drug-likeness (QED) is 0.0145. The topological polar surface area (TPSA) is 532 Å². The molecule has 23 N–H and O–H groups in total. The number of aliphatic hydroxyl groups is 3. The minimum atomic E-state index is -1.89. The number of thiol groups is 2. The molecule has 0 radical (unpaired) electrons. The van der Waals surface area contributed by atoms with Crippen molar-refractivity contribution < 1.29 is 83.1 Å². The highest BCUT2D eigenvalue weighted by Crippen LogP contribution is 2.21. The number of amides is 11. The number of aromatic amines is 1. The molecule has 2 unspecified atom stereocenters. The summed E-state index contributed by atoms with van der Waals surface area (Å²) in [6.07, 6.45) is -1.48. The lowest BCUT2D eigenvalue weighted by molar-refractivity contribution is -0.142. The number of nitrogens with one attached hydrogen (secondary N) is 12. The van der Waals surface area contributed by atoms with Crippen LogP contribution in [-0.4, -0.2) is 217 Å².